The van der Waals surface area contributed by atoms with Gasteiger partial charge in [0.1, 0.15) is 5.78 Å². The van der Waals surface area contributed by atoms with Crippen LogP contribution in [0.1, 0.15) is 39.8 Å². The van der Waals surface area contributed by atoms with Gasteiger partial charge in [0.05, 0.1) is 19.0 Å². The third-order valence-electron chi connectivity index (χ3n) is 2.86. The summed E-state index contributed by atoms with van der Waals surface area (Å²) in [6.45, 7) is 8.67. The van der Waals surface area contributed by atoms with E-state index < -0.39 is 0 Å². The Morgan fingerprint density at radius 2 is 2.12 bits per heavy atom. The van der Waals surface area contributed by atoms with Crippen molar-refractivity contribution in [2.24, 2.45) is 5.41 Å². The van der Waals surface area contributed by atoms with Crippen molar-refractivity contribution in [3.05, 3.63) is 11.9 Å². The van der Waals surface area contributed by atoms with Gasteiger partial charge in [0.15, 0.2) is 5.75 Å². The number of nitrogens with zero attached hydrogens (tertiary/aromatic N) is 2. The van der Waals surface area contributed by atoms with E-state index in [-0.39, 0.29) is 11.2 Å². The van der Waals surface area contributed by atoms with Crippen LogP contribution in [0, 0.1) is 5.41 Å². The number of aryl methyl sites for hydroxylation is 1. The van der Waals surface area contributed by atoms with Crippen molar-refractivity contribution in [3.63, 3.8) is 0 Å². The Hall–Kier alpha value is -1.32. The Morgan fingerprint density at radius 3 is 2.59 bits per heavy atom. The Balaban J connectivity index is 2.75. The molecule has 1 aromatic rings. The second-order valence-corrected chi connectivity index (χ2v) is 5.15. The predicted molar refractivity (Wildman–Crippen MR) is 67.2 cm³/mol. The Kier molecular flexibility index (Phi) is 4.32. The van der Waals surface area contributed by atoms with E-state index in [1.165, 1.54) is 0 Å². The monoisotopic (exact) mass is 238 g/mol. The van der Waals surface area contributed by atoms with Gasteiger partial charge in [-0.1, -0.05) is 20.8 Å². The second-order valence-electron chi connectivity index (χ2n) is 5.15. The largest absolute Gasteiger partial charge is 0.493 e. The van der Waals surface area contributed by atoms with Crippen LogP contribution in [0.3, 0.4) is 0 Å². The maximum Gasteiger partial charge on any atom is 0.159 e. The van der Waals surface area contributed by atoms with Crippen LogP contribution in [0.4, 0.5) is 0 Å². The summed E-state index contributed by atoms with van der Waals surface area (Å²) >= 11 is 0. The van der Waals surface area contributed by atoms with Crippen LogP contribution in [0.2, 0.25) is 0 Å². The van der Waals surface area contributed by atoms with Crippen LogP contribution >= 0.6 is 0 Å². The molecule has 17 heavy (non-hydrogen) atoms. The molecule has 0 unspecified atom stereocenters. The van der Waals surface area contributed by atoms with Gasteiger partial charge in [0.25, 0.3) is 0 Å². The molecule has 4 nitrogen and oxygen atoms in total. The van der Waals surface area contributed by atoms with Crippen LogP contribution in [0.5, 0.6) is 5.75 Å². The van der Waals surface area contributed by atoms with Crippen LogP contribution in [0.25, 0.3) is 0 Å². The average Bonchev–Trinajstić information content (AvgIpc) is 2.66. The molecule has 4 heteroatoms. The minimum Gasteiger partial charge on any atom is -0.493 e. The number of hydrogen-bond donors (Lipinski definition) is 0. The summed E-state index contributed by atoms with van der Waals surface area (Å²) < 4.78 is 7.13. The number of carbonyl (C=O) groups is 1. The summed E-state index contributed by atoms with van der Waals surface area (Å²) in [6, 6.07) is 0. The highest BCUT2D eigenvalue weighted by molar-refractivity contribution is 5.83. The molecule has 1 aromatic heterocycles. The summed E-state index contributed by atoms with van der Waals surface area (Å²) in [5.74, 6) is 1.04. The molecule has 0 amide bonds. The number of aromatic nitrogens is 2. The van der Waals surface area contributed by atoms with Crippen molar-refractivity contribution in [2.45, 2.75) is 47.1 Å². The Bertz CT molecular complexity index is 367. The van der Waals surface area contributed by atoms with Crippen LogP contribution in [-0.2, 0) is 17.8 Å². The third-order valence-corrected chi connectivity index (χ3v) is 2.86. The van der Waals surface area contributed by atoms with Crippen LogP contribution in [-0.4, -0.2) is 22.7 Å². The van der Waals surface area contributed by atoms with Gasteiger partial charge >= 0.3 is 0 Å². The number of hydrogen-bond acceptors (Lipinski definition) is 3. The van der Waals surface area contributed by atoms with E-state index in [1.54, 1.807) is 13.3 Å². The molecule has 0 atom stereocenters. The number of carbonyl (C=O) groups excluding carboxylic acids is 1. The fraction of sp³-hybridized carbons (Fsp3) is 0.692. The molecular formula is C13H22N2O2. The quantitative estimate of drug-likeness (QED) is 0.791. The fourth-order valence-electron chi connectivity index (χ4n) is 1.70. The zero-order valence-electron chi connectivity index (χ0n) is 11.4. The van der Waals surface area contributed by atoms with Crippen molar-refractivity contribution in [2.75, 3.05) is 7.11 Å². The topological polar surface area (TPSA) is 44.1 Å². The van der Waals surface area contributed by atoms with E-state index in [0.717, 1.165) is 18.0 Å². The van der Waals surface area contributed by atoms with Crippen molar-refractivity contribution in [3.8, 4) is 5.75 Å². The minimum atomic E-state index is -0.274. The molecule has 1 rings (SSSR count). The lowest BCUT2D eigenvalue weighted by atomic mass is 9.88. The van der Waals surface area contributed by atoms with E-state index >= 15 is 0 Å². The first-order valence-electron chi connectivity index (χ1n) is 6.02. The molecule has 0 aliphatic carbocycles. The van der Waals surface area contributed by atoms with E-state index in [1.807, 2.05) is 32.4 Å². The summed E-state index contributed by atoms with van der Waals surface area (Å²) in [7, 11) is 1.63. The van der Waals surface area contributed by atoms with E-state index in [4.69, 9.17) is 4.74 Å². The molecule has 0 aliphatic heterocycles. The molecule has 0 saturated heterocycles. The van der Waals surface area contributed by atoms with Crippen LogP contribution < -0.4 is 4.74 Å². The summed E-state index contributed by atoms with van der Waals surface area (Å²) in [4.78, 5) is 11.9. The zero-order chi connectivity index (χ0) is 13.1. The second kappa shape index (κ2) is 5.34. The third kappa shape index (κ3) is 3.32. The molecule has 0 N–H and O–H groups in total. The lowest BCUT2D eigenvalue weighted by molar-refractivity contribution is -0.126. The summed E-state index contributed by atoms with van der Waals surface area (Å²) in [6.07, 6.45) is 2.93. The first-order chi connectivity index (χ1) is 7.90. The van der Waals surface area contributed by atoms with E-state index in [9.17, 15) is 4.79 Å². The van der Waals surface area contributed by atoms with Crippen molar-refractivity contribution < 1.29 is 9.53 Å². The van der Waals surface area contributed by atoms with Gasteiger partial charge in [0.2, 0.25) is 0 Å². The van der Waals surface area contributed by atoms with Gasteiger partial charge in [0, 0.05) is 18.4 Å². The summed E-state index contributed by atoms with van der Waals surface area (Å²) in [5, 5.41) is 4.23. The molecule has 0 spiro atoms. The van der Waals surface area contributed by atoms with Gasteiger partial charge in [-0.3, -0.25) is 9.48 Å². The smallest absolute Gasteiger partial charge is 0.159 e. The maximum absolute atomic E-state index is 11.9. The molecule has 0 radical (unpaired) electrons. The maximum atomic E-state index is 11.9. The predicted octanol–water partition coefficient (Wildman–Crippen LogP) is 2.46. The fourth-order valence-corrected chi connectivity index (χ4v) is 1.70. The molecule has 0 saturated carbocycles. The molecule has 0 bridgehead atoms. The lowest BCUT2D eigenvalue weighted by Gasteiger charge is -2.16. The van der Waals surface area contributed by atoms with E-state index in [2.05, 4.69) is 5.10 Å². The van der Waals surface area contributed by atoms with Crippen molar-refractivity contribution >= 4 is 5.78 Å². The number of ether oxygens (including phenoxy) is 1. The van der Waals surface area contributed by atoms with Gasteiger partial charge in [-0.05, 0) is 13.3 Å². The number of rotatable bonds is 5. The number of Topliss-reactive ketones (excluding diaryl/α,β-unsaturated/α-hetero) is 1. The SMILES string of the molecule is CCn1ncc(OC)c1CCC(=O)C(C)(C)C. The standard InChI is InChI=1S/C13H22N2O2/c1-6-15-10(11(17-5)9-14-15)7-8-12(16)13(2,3)4/h9H,6-8H2,1-5H3. The Labute approximate surface area is 103 Å². The molecule has 0 fully saturated rings. The van der Waals surface area contributed by atoms with Gasteiger partial charge in [-0.2, -0.15) is 5.10 Å². The van der Waals surface area contributed by atoms with Gasteiger partial charge in [-0.15, -0.1) is 0 Å². The Morgan fingerprint density at radius 1 is 1.47 bits per heavy atom. The lowest BCUT2D eigenvalue weighted by Crippen LogP contribution is -2.21. The normalized spacial score (nSPS) is 11.6. The summed E-state index contributed by atoms with van der Waals surface area (Å²) in [5.41, 5.74) is 0.734. The van der Waals surface area contributed by atoms with Gasteiger partial charge < -0.3 is 4.74 Å². The highest BCUT2D eigenvalue weighted by Crippen LogP contribution is 2.22. The first-order valence-corrected chi connectivity index (χ1v) is 6.02. The first kappa shape index (κ1) is 13.7. The minimum absolute atomic E-state index is 0.267. The number of ketones is 1. The molecule has 1 heterocycles. The van der Waals surface area contributed by atoms with Crippen molar-refractivity contribution in [1.29, 1.82) is 0 Å². The van der Waals surface area contributed by atoms with Crippen molar-refractivity contribution in [1.82, 2.24) is 9.78 Å². The zero-order valence-corrected chi connectivity index (χ0v) is 11.4. The van der Waals surface area contributed by atoms with Crippen LogP contribution in [0.15, 0.2) is 6.20 Å². The number of methoxy groups -OCH3 is 1. The average molecular weight is 238 g/mol. The molecular weight excluding hydrogens is 216 g/mol. The van der Waals surface area contributed by atoms with Gasteiger partial charge in [-0.25, -0.2) is 0 Å². The highest BCUT2D eigenvalue weighted by atomic mass is 16.5. The van der Waals surface area contributed by atoms with E-state index in [0.29, 0.717) is 12.8 Å². The molecule has 0 aromatic carbocycles. The highest BCUT2D eigenvalue weighted by Gasteiger charge is 2.22. The molecule has 96 valence electrons. The molecule has 0 aliphatic rings.